The second-order valence-corrected chi connectivity index (χ2v) is 8.35. The molecule has 7 heteroatoms. The largest absolute Gasteiger partial charge is 0.443 e. The van der Waals surface area contributed by atoms with Crippen molar-refractivity contribution in [2.75, 3.05) is 0 Å². The van der Waals surface area contributed by atoms with E-state index in [0.717, 1.165) is 4.47 Å². The number of halogens is 1. The summed E-state index contributed by atoms with van der Waals surface area (Å²) in [4.78, 5) is 0. The van der Waals surface area contributed by atoms with Crippen molar-refractivity contribution in [3.63, 3.8) is 0 Å². The normalized spacial score (nSPS) is 31.1. The third kappa shape index (κ3) is 2.27. The number of hydrogen-bond donors (Lipinski definition) is 1. The molecule has 30 heavy (non-hydrogen) atoms. The minimum absolute atomic E-state index is 0.376. The van der Waals surface area contributed by atoms with Crippen LogP contribution in [0.25, 0.3) is 0 Å². The first-order chi connectivity index (χ1) is 14.5. The molecule has 0 aromatic heterocycles. The van der Waals surface area contributed by atoms with Gasteiger partial charge in [-0.15, -0.1) is 0 Å². The van der Waals surface area contributed by atoms with E-state index in [1.165, 1.54) is 0 Å². The molecular formula is C23H17BrN4O2. The topological polar surface area (TPSA) is 114 Å². The minimum Gasteiger partial charge on any atom is -0.443 e. The molecule has 2 saturated heterocycles. The van der Waals surface area contributed by atoms with Gasteiger partial charge in [-0.25, -0.2) is 0 Å². The van der Waals surface area contributed by atoms with E-state index >= 15 is 0 Å². The SMILES string of the molecule is CCC1C2(c3ccccc3)OC(=N)C1(C#N)C(C#N)(C#N)C(c1cccc(Br)c1)O2. The van der Waals surface area contributed by atoms with Gasteiger partial charge in [-0.1, -0.05) is 65.3 Å². The molecule has 4 unspecified atom stereocenters. The second-order valence-electron chi connectivity index (χ2n) is 7.43. The Balaban J connectivity index is 2.08. The van der Waals surface area contributed by atoms with Crippen LogP contribution in [0.5, 0.6) is 0 Å². The molecule has 148 valence electrons. The fourth-order valence-corrected chi connectivity index (χ4v) is 5.29. The van der Waals surface area contributed by atoms with Crippen LogP contribution in [0.3, 0.4) is 0 Å². The highest BCUT2D eigenvalue weighted by atomic mass is 79.9. The molecule has 0 radical (unpaired) electrons. The van der Waals surface area contributed by atoms with E-state index in [1.54, 1.807) is 18.2 Å². The standard InChI is InChI=1S/C23H17BrN4O2/c1-2-18-22(14-27)20(28)30-23(18,16-8-4-3-5-9-16)29-19(21(22,12-25)13-26)15-7-6-10-17(24)11-15/h3-11,18-19,28H,2H2,1H3. The maximum Gasteiger partial charge on any atom is 0.244 e. The number of nitrogens with zero attached hydrogens (tertiary/aromatic N) is 3. The van der Waals surface area contributed by atoms with Crippen molar-refractivity contribution in [3.05, 3.63) is 70.2 Å². The maximum absolute atomic E-state index is 10.4. The summed E-state index contributed by atoms with van der Waals surface area (Å²) in [6.07, 6.45) is -0.725. The van der Waals surface area contributed by atoms with Gasteiger partial charge in [0.15, 0.2) is 5.41 Å². The van der Waals surface area contributed by atoms with Crippen molar-refractivity contribution >= 4 is 21.8 Å². The van der Waals surface area contributed by atoms with Crippen molar-refractivity contribution in [2.45, 2.75) is 25.2 Å². The van der Waals surface area contributed by atoms with E-state index in [1.807, 2.05) is 43.3 Å². The van der Waals surface area contributed by atoms with Crippen LogP contribution in [0.1, 0.15) is 30.6 Å². The summed E-state index contributed by atoms with van der Waals surface area (Å²) in [6.45, 7) is 1.85. The fraction of sp³-hybridized carbons (Fsp3) is 0.304. The third-order valence-corrected chi connectivity index (χ3v) is 6.66. The van der Waals surface area contributed by atoms with Gasteiger partial charge in [-0.05, 0) is 24.1 Å². The summed E-state index contributed by atoms with van der Waals surface area (Å²) in [7, 11) is 0. The van der Waals surface area contributed by atoms with Crippen molar-refractivity contribution in [3.8, 4) is 18.2 Å². The maximum atomic E-state index is 10.4. The molecule has 0 spiro atoms. The number of rotatable bonds is 3. The second kappa shape index (κ2) is 6.96. The molecule has 2 aromatic rings. The Kier molecular flexibility index (Phi) is 4.66. The third-order valence-electron chi connectivity index (χ3n) is 6.17. The van der Waals surface area contributed by atoms with E-state index in [-0.39, 0.29) is 0 Å². The summed E-state index contributed by atoms with van der Waals surface area (Å²) >= 11 is 3.42. The Hall–Kier alpha value is -3.18. The smallest absolute Gasteiger partial charge is 0.244 e. The van der Waals surface area contributed by atoms with Crippen molar-refractivity contribution in [2.24, 2.45) is 16.7 Å². The Morgan fingerprint density at radius 1 is 1.03 bits per heavy atom. The molecule has 2 aliphatic rings. The van der Waals surface area contributed by atoms with Gasteiger partial charge in [0.2, 0.25) is 17.1 Å². The van der Waals surface area contributed by atoms with Gasteiger partial charge in [0.1, 0.15) is 6.10 Å². The molecule has 0 saturated carbocycles. The zero-order chi connectivity index (χ0) is 21.6. The average molecular weight is 461 g/mol. The first-order valence-electron chi connectivity index (χ1n) is 9.46. The first kappa shape index (κ1) is 20.1. The molecule has 2 fully saturated rings. The average Bonchev–Trinajstić information content (AvgIpc) is 2.98. The zero-order valence-electron chi connectivity index (χ0n) is 16.1. The van der Waals surface area contributed by atoms with E-state index in [4.69, 9.17) is 14.9 Å². The van der Waals surface area contributed by atoms with E-state index < -0.39 is 34.5 Å². The summed E-state index contributed by atoms with van der Waals surface area (Å²) in [5.41, 5.74) is -2.55. The van der Waals surface area contributed by atoms with Crippen LogP contribution in [-0.4, -0.2) is 5.90 Å². The van der Waals surface area contributed by atoms with Gasteiger partial charge in [-0.2, -0.15) is 15.8 Å². The highest BCUT2D eigenvalue weighted by Crippen LogP contribution is 2.69. The Labute approximate surface area is 182 Å². The van der Waals surface area contributed by atoms with Crippen LogP contribution in [0, 0.1) is 56.2 Å². The summed E-state index contributed by atoms with van der Waals surface area (Å²) < 4.78 is 13.3. The lowest BCUT2D eigenvalue weighted by molar-refractivity contribution is -0.292. The lowest BCUT2D eigenvalue weighted by atomic mass is 9.52. The zero-order valence-corrected chi connectivity index (χ0v) is 17.7. The number of hydrogen-bond acceptors (Lipinski definition) is 6. The van der Waals surface area contributed by atoms with E-state index in [9.17, 15) is 15.8 Å². The van der Waals surface area contributed by atoms with E-state index in [0.29, 0.717) is 17.5 Å². The molecule has 6 nitrogen and oxygen atoms in total. The summed E-state index contributed by atoms with van der Waals surface area (Å²) in [6, 6.07) is 22.5. The van der Waals surface area contributed by atoms with Crippen molar-refractivity contribution in [1.29, 1.82) is 21.2 Å². The van der Waals surface area contributed by atoms with Crippen LogP contribution in [0.4, 0.5) is 0 Å². The number of nitrogens with one attached hydrogen (secondary N) is 1. The van der Waals surface area contributed by atoms with Crippen LogP contribution in [0.15, 0.2) is 59.1 Å². The van der Waals surface area contributed by atoms with E-state index in [2.05, 4.69) is 34.1 Å². The van der Waals surface area contributed by atoms with Gasteiger partial charge < -0.3 is 9.47 Å². The Bertz CT molecular complexity index is 1130. The lowest BCUT2D eigenvalue weighted by Gasteiger charge is -2.49. The predicted molar refractivity (Wildman–Crippen MR) is 110 cm³/mol. The summed E-state index contributed by atoms with van der Waals surface area (Å²) in [5.74, 6) is -2.57. The first-order valence-corrected chi connectivity index (χ1v) is 10.3. The van der Waals surface area contributed by atoms with Crippen LogP contribution >= 0.6 is 15.9 Å². The molecular weight excluding hydrogens is 444 g/mol. The highest BCUT2D eigenvalue weighted by molar-refractivity contribution is 9.10. The molecule has 4 atom stereocenters. The number of benzene rings is 2. The molecule has 2 aromatic carbocycles. The number of fused-ring (bicyclic) bond motifs is 2. The minimum atomic E-state index is -1.96. The molecule has 2 bridgehead atoms. The monoisotopic (exact) mass is 460 g/mol. The molecule has 1 N–H and O–H groups in total. The van der Waals surface area contributed by atoms with Gasteiger partial charge in [0.25, 0.3) is 0 Å². The van der Waals surface area contributed by atoms with Gasteiger partial charge >= 0.3 is 0 Å². The van der Waals surface area contributed by atoms with Gasteiger partial charge in [0.05, 0.1) is 24.1 Å². The molecule has 2 heterocycles. The van der Waals surface area contributed by atoms with Crippen LogP contribution in [-0.2, 0) is 15.3 Å². The molecule has 4 rings (SSSR count). The predicted octanol–water partition coefficient (Wildman–Crippen LogP) is 4.95. The van der Waals surface area contributed by atoms with Crippen molar-refractivity contribution < 1.29 is 9.47 Å². The van der Waals surface area contributed by atoms with Crippen molar-refractivity contribution in [1.82, 2.24) is 0 Å². The van der Waals surface area contributed by atoms with Gasteiger partial charge in [0, 0.05) is 10.0 Å². The highest BCUT2D eigenvalue weighted by Gasteiger charge is 2.80. The molecule has 0 amide bonds. The quantitative estimate of drug-likeness (QED) is 0.695. The number of ether oxygens (including phenoxy) is 2. The van der Waals surface area contributed by atoms with Gasteiger partial charge in [-0.3, -0.25) is 5.41 Å². The Morgan fingerprint density at radius 3 is 2.30 bits per heavy atom. The summed E-state index contributed by atoms with van der Waals surface area (Å²) in [5, 5.41) is 39.6. The Morgan fingerprint density at radius 2 is 1.73 bits per heavy atom. The molecule has 2 aliphatic heterocycles. The molecule has 0 aliphatic carbocycles. The number of nitriles is 3. The van der Waals surface area contributed by atoms with Crippen LogP contribution < -0.4 is 0 Å². The lowest BCUT2D eigenvalue weighted by Crippen LogP contribution is -2.58. The van der Waals surface area contributed by atoms with Crippen LogP contribution in [0.2, 0.25) is 0 Å². The fourth-order valence-electron chi connectivity index (χ4n) is 4.87.